The molecule has 1 aliphatic heterocycles. The summed E-state index contributed by atoms with van der Waals surface area (Å²) < 4.78 is 48.9. The number of halogens is 1. The second-order valence-electron chi connectivity index (χ2n) is 11.9. The molecule has 2 N–H and O–H groups in total. The Morgan fingerprint density at radius 1 is 1.00 bits per heavy atom. The van der Waals surface area contributed by atoms with Crippen molar-refractivity contribution < 1.29 is 22.3 Å². The molecule has 0 aliphatic carbocycles. The number of ether oxygens (including phenoxy) is 1. The highest BCUT2D eigenvalue weighted by Crippen LogP contribution is 2.36. The summed E-state index contributed by atoms with van der Waals surface area (Å²) in [4.78, 5) is 19.2. The van der Waals surface area contributed by atoms with Crippen LogP contribution in [0.4, 0.5) is 10.1 Å². The molecule has 42 heavy (non-hydrogen) atoms. The van der Waals surface area contributed by atoms with Gasteiger partial charge in [-0.1, -0.05) is 45.0 Å². The molecule has 7 nitrogen and oxygen atoms in total. The van der Waals surface area contributed by atoms with E-state index in [1.54, 1.807) is 42.5 Å². The van der Waals surface area contributed by atoms with E-state index in [4.69, 9.17) is 4.74 Å². The number of hydrogen-bond acceptors (Lipinski definition) is 5. The molecule has 0 radical (unpaired) electrons. The average Bonchev–Trinajstić information content (AvgIpc) is 3.34. The van der Waals surface area contributed by atoms with E-state index >= 15 is 0 Å². The third kappa shape index (κ3) is 6.91. The lowest BCUT2D eigenvalue weighted by Gasteiger charge is -2.26. The molecule has 0 amide bonds. The smallest absolute Gasteiger partial charge is 0.261 e. The van der Waals surface area contributed by atoms with E-state index in [2.05, 4.69) is 35.4 Å². The standard InChI is InChI=1S/C33H38FN3O4S/c1-33(2,3)24-10-13-27(14-11-24)42(39,40)36-26-12-15-29-28(22-26)31(23-7-6-8-25(34)21-23)32(35-29)30(38)9-4-5-16-37-17-19-41-20-18-37/h6-8,10-15,21-22,35-36H,4-5,9,16-20H2,1-3H3. The summed E-state index contributed by atoms with van der Waals surface area (Å²) in [5.41, 5.74) is 3.48. The maximum Gasteiger partial charge on any atom is 0.261 e. The number of Topliss-reactive ketones (excluding diaryl/α,β-unsaturated/α-hetero) is 1. The second-order valence-corrected chi connectivity index (χ2v) is 13.5. The molecule has 0 atom stereocenters. The van der Waals surface area contributed by atoms with Crippen LogP contribution in [0.25, 0.3) is 22.0 Å². The zero-order valence-electron chi connectivity index (χ0n) is 24.4. The van der Waals surface area contributed by atoms with Gasteiger partial charge in [-0.05, 0) is 78.4 Å². The summed E-state index contributed by atoms with van der Waals surface area (Å²) in [5, 5.41) is 0.639. The highest BCUT2D eigenvalue weighted by atomic mass is 32.2. The Balaban J connectivity index is 1.41. The van der Waals surface area contributed by atoms with Gasteiger partial charge in [-0.25, -0.2) is 12.8 Å². The van der Waals surface area contributed by atoms with Gasteiger partial charge in [0.1, 0.15) is 5.82 Å². The van der Waals surface area contributed by atoms with Gasteiger partial charge in [0.05, 0.1) is 23.8 Å². The first-order chi connectivity index (χ1) is 20.0. The fourth-order valence-corrected chi connectivity index (χ4v) is 6.38. The van der Waals surface area contributed by atoms with E-state index in [0.717, 1.165) is 51.3 Å². The number of hydrogen-bond donors (Lipinski definition) is 2. The van der Waals surface area contributed by atoms with Gasteiger partial charge in [0.2, 0.25) is 0 Å². The van der Waals surface area contributed by atoms with Crippen LogP contribution in [-0.4, -0.2) is 56.9 Å². The van der Waals surface area contributed by atoms with Crippen LogP contribution in [0.1, 0.15) is 56.1 Å². The van der Waals surface area contributed by atoms with Crippen molar-refractivity contribution in [1.29, 1.82) is 0 Å². The Bertz CT molecular complexity index is 1670. The first kappa shape index (κ1) is 29.9. The van der Waals surface area contributed by atoms with Gasteiger partial charge in [-0.2, -0.15) is 0 Å². The number of nitrogens with zero attached hydrogens (tertiary/aromatic N) is 1. The van der Waals surface area contributed by atoms with Crippen molar-refractivity contribution in [1.82, 2.24) is 9.88 Å². The van der Waals surface area contributed by atoms with Crippen molar-refractivity contribution in [2.45, 2.75) is 50.3 Å². The van der Waals surface area contributed by atoms with Crippen molar-refractivity contribution in [2.75, 3.05) is 37.6 Å². The number of ketones is 1. The Hall–Kier alpha value is -3.53. The number of carbonyl (C=O) groups excluding carboxylic acids is 1. The third-order valence-electron chi connectivity index (χ3n) is 7.71. The summed E-state index contributed by atoms with van der Waals surface area (Å²) >= 11 is 0. The molecule has 0 spiro atoms. The van der Waals surface area contributed by atoms with Gasteiger partial charge in [-0.3, -0.25) is 14.4 Å². The Morgan fingerprint density at radius 2 is 1.74 bits per heavy atom. The summed E-state index contributed by atoms with van der Waals surface area (Å²) in [5.74, 6) is -0.477. The Kier molecular flexibility index (Phi) is 8.82. The third-order valence-corrected chi connectivity index (χ3v) is 9.10. The minimum atomic E-state index is -3.86. The summed E-state index contributed by atoms with van der Waals surface area (Å²) in [6, 6.07) is 18.1. The molecule has 1 aromatic heterocycles. The number of aromatic nitrogens is 1. The van der Waals surface area contributed by atoms with Gasteiger partial charge in [0, 0.05) is 41.7 Å². The van der Waals surface area contributed by atoms with Crippen LogP contribution < -0.4 is 4.72 Å². The summed E-state index contributed by atoms with van der Waals surface area (Å²) in [6.07, 6.45) is 1.97. The predicted octanol–water partition coefficient (Wildman–Crippen LogP) is 6.76. The van der Waals surface area contributed by atoms with Crippen molar-refractivity contribution >= 4 is 32.4 Å². The maximum atomic E-state index is 14.3. The number of H-pyrrole nitrogens is 1. The fourth-order valence-electron chi connectivity index (χ4n) is 5.33. The molecule has 0 bridgehead atoms. The van der Waals surface area contributed by atoms with E-state index in [-0.39, 0.29) is 16.1 Å². The van der Waals surface area contributed by atoms with Crippen LogP contribution >= 0.6 is 0 Å². The first-order valence-corrected chi connectivity index (χ1v) is 15.9. The summed E-state index contributed by atoms with van der Waals surface area (Å²) in [6.45, 7) is 10.4. The van der Waals surface area contributed by atoms with E-state index in [9.17, 15) is 17.6 Å². The number of aromatic amines is 1. The van der Waals surface area contributed by atoms with Crippen molar-refractivity contribution in [3.05, 3.63) is 83.8 Å². The minimum absolute atomic E-state index is 0.0616. The van der Waals surface area contributed by atoms with Crippen LogP contribution in [0.5, 0.6) is 0 Å². The topological polar surface area (TPSA) is 91.5 Å². The van der Waals surface area contributed by atoms with Gasteiger partial charge in [0.15, 0.2) is 5.78 Å². The van der Waals surface area contributed by atoms with E-state index in [0.29, 0.717) is 39.8 Å². The van der Waals surface area contributed by atoms with Crippen molar-refractivity contribution in [3.8, 4) is 11.1 Å². The van der Waals surface area contributed by atoms with Crippen LogP contribution in [0.15, 0.2) is 71.6 Å². The van der Waals surface area contributed by atoms with Crippen molar-refractivity contribution in [3.63, 3.8) is 0 Å². The zero-order valence-corrected chi connectivity index (χ0v) is 25.2. The lowest BCUT2D eigenvalue weighted by molar-refractivity contribution is 0.0371. The Labute approximate surface area is 247 Å². The number of anilines is 1. The molecule has 0 saturated carbocycles. The molecular weight excluding hydrogens is 553 g/mol. The summed E-state index contributed by atoms with van der Waals surface area (Å²) in [7, 11) is -3.86. The van der Waals surface area contributed by atoms with E-state index in [1.165, 1.54) is 12.1 Å². The number of carbonyl (C=O) groups is 1. The average molecular weight is 592 g/mol. The number of nitrogens with one attached hydrogen (secondary N) is 2. The molecule has 1 fully saturated rings. The molecule has 5 rings (SSSR count). The molecular formula is C33H38FN3O4S. The highest BCUT2D eigenvalue weighted by Gasteiger charge is 2.22. The Morgan fingerprint density at radius 3 is 2.43 bits per heavy atom. The molecule has 0 unspecified atom stereocenters. The minimum Gasteiger partial charge on any atom is -0.379 e. The quantitative estimate of drug-likeness (QED) is 0.157. The van der Waals surface area contributed by atoms with E-state index < -0.39 is 15.8 Å². The van der Waals surface area contributed by atoms with Gasteiger partial charge < -0.3 is 9.72 Å². The number of rotatable bonds is 10. The van der Waals surface area contributed by atoms with Crippen LogP contribution in [-0.2, 0) is 20.2 Å². The number of morpholine rings is 1. The maximum absolute atomic E-state index is 14.3. The van der Waals surface area contributed by atoms with Gasteiger partial charge >= 0.3 is 0 Å². The van der Waals surface area contributed by atoms with Crippen LogP contribution in [0.2, 0.25) is 0 Å². The molecule has 9 heteroatoms. The van der Waals surface area contributed by atoms with Gasteiger partial charge in [0.25, 0.3) is 10.0 Å². The van der Waals surface area contributed by atoms with Gasteiger partial charge in [-0.15, -0.1) is 0 Å². The molecule has 1 saturated heterocycles. The number of benzene rings is 3. The fraction of sp³-hybridized carbons (Fsp3) is 0.364. The van der Waals surface area contributed by atoms with Crippen molar-refractivity contribution in [2.24, 2.45) is 0 Å². The monoisotopic (exact) mass is 591 g/mol. The molecule has 222 valence electrons. The number of unbranched alkanes of at least 4 members (excludes halogenated alkanes) is 1. The lowest BCUT2D eigenvalue weighted by Crippen LogP contribution is -2.36. The van der Waals surface area contributed by atoms with Crippen LogP contribution in [0, 0.1) is 5.82 Å². The molecule has 1 aliphatic rings. The SMILES string of the molecule is CC(C)(C)c1ccc(S(=O)(=O)Nc2ccc3[nH]c(C(=O)CCCCN4CCOCC4)c(-c4cccc(F)c4)c3c2)cc1. The van der Waals surface area contributed by atoms with Crippen LogP contribution in [0.3, 0.4) is 0 Å². The highest BCUT2D eigenvalue weighted by molar-refractivity contribution is 7.92. The normalized spacial score (nSPS) is 14.8. The predicted molar refractivity (Wildman–Crippen MR) is 165 cm³/mol. The zero-order chi connectivity index (χ0) is 29.9. The molecule has 4 aromatic rings. The number of fused-ring (bicyclic) bond motifs is 1. The first-order valence-electron chi connectivity index (χ1n) is 14.4. The molecule has 3 aromatic carbocycles. The second kappa shape index (κ2) is 12.4. The largest absolute Gasteiger partial charge is 0.379 e. The van der Waals surface area contributed by atoms with E-state index in [1.807, 2.05) is 12.1 Å². The molecule has 2 heterocycles. The number of sulfonamides is 1. The lowest BCUT2D eigenvalue weighted by atomic mass is 9.87.